The maximum absolute atomic E-state index is 12.1. The van der Waals surface area contributed by atoms with Crippen molar-refractivity contribution in [3.63, 3.8) is 0 Å². The molecular formula is C11H13ClF3KN2O3. The first-order valence-electron chi connectivity index (χ1n) is 5.34. The third kappa shape index (κ3) is 12.5. The number of aromatic nitrogens is 1. The molecule has 0 bridgehead atoms. The van der Waals surface area contributed by atoms with Crippen LogP contribution in [0.3, 0.4) is 0 Å². The van der Waals surface area contributed by atoms with E-state index < -0.39 is 28.8 Å². The molecule has 0 aliphatic carbocycles. The van der Waals surface area contributed by atoms with Gasteiger partial charge in [0.15, 0.2) is 0 Å². The number of hydrogen-bond donors (Lipinski definition) is 0. The summed E-state index contributed by atoms with van der Waals surface area (Å²) in [6.07, 6.45) is -4.03. The Bertz CT molecular complexity index is 473. The summed E-state index contributed by atoms with van der Waals surface area (Å²) in [6.45, 7) is 4.20. The minimum atomic E-state index is -4.55. The normalized spacial score (nSPS) is 11.0. The number of rotatable bonds is 2. The van der Waals surface area contributed by atoms with Crippen molar-refractivity contribution in [1.82, 2.24) is 4.98 Å². The third-order valence-electron chi connectivity index (χ3n) is 1.52. The van der Waals surface area contributed by atoms with Crippen LogP contribution in [0.25, 0.3) is 0 Å². The fourth-order valence-electron chi connectivity index (χ4n) is 0.860. The number of alkyl halides is 3. The van der Waals surface area contributed by atoms with E-state index in [0.29, 0.717) is 12.3 Å². The predicted octanol–water partition coefficient (Wildman–Crippen LogP) is -0.320. The molecule has 0 aromatic carbocycles. The molecule has 0 spiro atoms. The summed E-state index contributed by atoms with van der Waals surface area (Å²) < 4.78 is 36.4. The summed E-state index contributed by atoms with van der Waals surface area (Å²) in [7, 11) is 0. The maximum atomic E-state index is 12.1. The molecule has 0 radical (unpaired) electrons. The van der Waals surface area contributed by atoms with Crippen LogP contribution < -0.4 is 56.5 Å². The van der Waals surface area contributed by atoms with Crippen molar-refractivity contribution in [2.75, 3.05) is 0 Å². The smallest absolute Gasteiger partial charge is 0.850 e. The number of nitro groups is 1. The second-order valence-electron chi connectivity index (χ2n) is 4.75. The SMILES string of the molecule is CC(C)(C)[O-].O=[N+]([O-])Cc1ncc(C(F)(F)F)cc1Cl.[K+]. The Morgan fingerprint density at radius 3 is 2.05 bits per heavy atom. The van der Waals surface area contributed by atoms with Gasteiger partial charge in [-0.2, -0.15) is 13.2 Å². The van der Waals surface area contributed by atoms with Crippen LogP contribution in [0.5, 0.6) is 0 Å². The van der Waals surface area contributed by atoms with E-state index in [1.165, 1.54) is 0 Å². The number of hydrogen-bond acceptors (Lipinski definition) is 4. The van der Waals surface area contributed by atoms with Gasteiger partial charge in [-0.05, 0) is 6.07 Å². The van der Waals surface area contributed by atoms with E-state index in [0.717, 1.165) is 0 Å². The summed E-state index contributed by atoms with van der Waals surface area (Å²) in [5.74, 6) is 0. The van der Waals surface area contributed by atoms with E-state index >= 15 is 0 Å². The summed E-state index contributed by atoms with van der Waals surface area (Å²) in [5, 5.41) is 19.8. The summed E-state index contributed by atoms with van der Waals surface area (Å²) >= 11 is 5.41. The Kier molecular flexibility index (Phi) is 10.5. The van der Waals surface area contributed by atoms with Crippen LogP contribution in [0, 0.1) is 10.1 Å². The Hall–Kier alpha value is 0.226. The second kappa shape index (κ2) is 9.38. The fourth-order valence-corrected chi connectivity index (χ4v) is 1.09. The first kappa shape index (κ1) is 23.5. The molecule has 1 heterocycles. The van der Waals surface area contributed by atoms with Crippen LogP contribution in [-0.2, 0) is 12.7 Å². The zero-order valence-electron chi connectivity index (χ0n) is 12.0. The Morgan fingerprint density at radius 1 is 1.33 bits per heavy atom. The van der Waals surface area contributed by atoms with E-state index in [9.17, 15) is 28.4 Å². The summed E-state index contributed by atoms with van der Waals surface area (Å²) in [6, 6.07) is 0.618. The van der Waals surface area contributed by atoms with E-state index in [2.05, 4.69) is 4.98 Å². The number of nitrogens with zero attached hydrogens (tertiary/aromatic N) is 2. The average Bonchev–Trinajstić information content (AvgIpc) is 2.16. The van der Waals surface area contributed by atoms with Crippen molar-refractivity contribution < 1.29 is 74.6 Å². The molecule has 0 saturated carbocycles. The van der Waals surface area contributed by atoms with Crippen LogP contribution in [0.2, 0.25) is 5.02 Å². The fraction of sp³-hybridized carbons (Fsp3) is 0.545. The quantitative estimate of drug-likeness (QED) is 0.415. The molecule has 10 heteroatoms. The molecule has 21 heavy (non-hydrogen) atoms. The van der Waals surface area contributed by atoms with Gasteiger partial charge >= 0.3 is 57.6 Å². The molecule has 0 N–H and O–H groups in total. The van der Waals surface area contributed by atoms with Crippen LogP contribution in [0.1, 0.15) is 32.0 Å². The first-order chi connectivity index (χ1) is 8.80. The van der Waals surface area contributed by atoms with Crippen molar-refractivity contribution in [3.05, 3.63) is 38.7 Å². The van der Waals surface area contributed by atoms with Crippen molar-refractivity contribution in [1.29, 1.82) is 0 Å². The van der Waals surface area contributed by atoms with Gasteiger partial charge in [-0.25, -0.2) is 0 Å². The van der Waals surface area contributed by atoms with Gasteiger partial charge in [0.25, 0.3) is 0 Å². The summed E-state index contributed by atoms with van der Waals surface area (Å²) in [4.78, 5) is 12.7. The van der Waals surface area contributed by atoms with Crippen LogP contribution in [0.4, 0.5) is 13.2 Å². The molecule has 0 saturated heterocycles. The zero-order valence-corrected chi connectivity index (χ0v) is 15.9. The Balaban J connectivity index is 0. The van der Waals surface area contributed by atoms with Gasteiger partial charge in [0, 0.05) is 11.1 Å². The molecule has 5 nitrogen and oxygen atoms in total. The molecule has 1 rings (SSSR count). The number of halogens is 4. The molecule has 0 atom stereocenters. The topological polar surface area (TPSA) is 79.1 Å². The minimum Gasteiger partial charge on any atom is -0.850 e. The van der Waals surface area contributed by atoms with Gasteiger partial charge in [-0.3, -0.25) is 15.1 Å². The van der Waals surface area contributed by atoms with E-state index in [-0.39, 0.29) is 62.1 Å². The third-order valence-corrected chi connectivity index (χ3v) is 1.85. The molecular weight excluding hydrogens is 340 g/mol. The summed E-state index contributed by atoms with van der Waals surface area (Å²) in [5.41, 5.74) is -1.96. The van der Waals surface area contributed by atoms with E-state index in [4.69, 9.17) is 11.6 Å². The Labute approximate surface area is 167 Å². The van der Waals surface area contributed by atoms with E-state index in [1.54, 1.807) is 20.8 Å². The van der Waals surface area contributed by atoms with Crippen molar-refractivity contribution in [3.8, 4) is 0 Å². The van der Waals surface area contributed by atoms with Crippen LogP contribution in [-0.4, -0.2) is 15.5 Å². The molecule has 1 aromatic heterocycles. The average molecular weight is 353 g/mol. The van der Waals surface area contributed by atoms with Gasteiger partial charge in [-0.1, -0.05) is 32.4 Å². The van der Waals surface area contributed by atoms with Crippen LogP contribution in [0.15, 0.2) is 12.3 Å². The number of pyridine rings is 1. The maximum Gasteiger partial charge on any atom is 1.00 e. The predicted molar refractivity (Wildman–Crippen MR) is 64.7 cm³/mol. The van der Waals surface area contributed by atoms with Gasteiger partial charge in [0.2, 0.25) is 6.54 Å². The monoisotopic (exact) mass is 352 g/mol. The van der Waals surface area contributed by atoms with Gasteiger partial charge in [-0.15, -0.1) is 5.60 Å². The molecule has 1 aromatic rings. The van der Waals surface area contributed by atoms with Gasteiger partial charge < -0.3 is 5.11 Å². The second-order valence-corrected chi connectivity index (χ2v) is 5.16. The molecule has 0 fully saturated rings. The molecule has 0 unspecified atom stereocenters. The van der Waals surface area contributed by atoms with Gasteiger partial charge in [0.05, 0.1) is 10.6 Å². The Morgan fingerprint density at radius 2 is 1.76 bits per heavy atom. The molecule has 0 aliphatic heterocycles. The molecule has 0 amide bonds. The molecule has 114 valence electrons. The largest absolute Gasteiger partial charge is 1.00 e. The van der Waals surface area contributed by atoms with Crippen molar-refractivity contribution in [2.24, 2.45) is 0 Å². The van der Waals surface area contributed by atoms with Gasteiger partial charge in [0.1, 0.15) is 5.69 Å². The minimum absolute atomic E-state index is 0. The van der Waals surface area contributed by atoms with Crippen molar-refractivity contribution in [2.45, 2.75) is 39.1 Å². The van der Waals surface area contributed by atoms with Crippen LogP contribution >= 0.6 is 11.6 Å². The molecule has 0 aliphatic rings. The van der Waals surface area contributed by atoms with E-state index in [1.807, 2.05) is 0 Å². The zero-order chi connectivity index (χ0) is 16.1. The first-order valence-corrected chi connectivity index (χ1v) is 5.72. The standard InChI is InChI=1S/C7H4ClF3N2O2.C4H9O.K/c8-5-1-4(7(9,10)11)2-12-6(5)3-13(14)15;1-4(2,3)5;/h1-2H,3H2;1-3H3;/q;-1;+1. The van der Waals surface area contributed by atoms with Crippen molar-refractivity contribution >= 4 is 11.6 Å².